The average molecular weight is 259 g/mol. The Balaban J connectivity index is 1.52. The zero-order chi connectivity index (χ0) is 13.1. The first-order valence-corrected chi connectivity index (χ1v) is 6.45. The van der Waals surface area contributed by atoms with Crippen LogP contribution in [-0.2, 0) is 6.54 Å². The lowest BCUT2D eigenvalue weighted by Gasteiger charge is -2.36. The predicted molar refractivity (Wildman–Crippen MR) is 69.8 cm³/mol. The molecule has 1 aliphatic rings. The van der Waals surface area contributed by atoms with Gasteiger partial charge in [0.1, 0.15) is 5.75 Å². The van der Waals surface area contributed by atoms with E-state index in [0.717, 1.165) is 18.6 Å². The summed E-state index contributed by atoms with van der Waals surface area (Å²) in [5, 5.41) is 17.3. The zero-order valence-electron chi connectivity index (χ0n) is 10.8. The fourth-order valence-corrected chi connectivity index (χ4v) is 2.54. The number of hydrogen-bond donors (Lipinski definition) is 2. The second-order valence-corrected chi connectivity index (χ2v) is 4.82. The fourth-order valence-electron chi connectivity index (χ4n) is 2.54. The molecule has 2 aromatic rings. The van der Waals surface area contributed by atoms with E-state index in [4.69, 9.17) is 4.74 Å². The molecule has 0 radical (unpaired) electrons. The van der Waals surface area contributed by atoms with Crippen molar-refractivity contribution in [2.24, 2.45) is 0 Å². The van der Waals surface area contributed by atoms with Crippen LogP contribution in [0.25, 0.3) is 0 Å². The number of ether oxygens (including phenoxy) is 1. The average Bonchev–Trinajstić information content (AvgIpc) is 2.90. The first-order valence-electron chi connectivity index (χ1n) is 6.45. The van der Waals surface area contributed by atoms with Crippen molar-refractivity contribution in [1.29, 1.82) is 0 Å². The SMILES string of the molecule is COc1ccccc1C1CC(NCc2nn[nH]n2)C1. The summed E-state index contributed by atoms with van der Waals surface area (Å²) in [5.41, 5.74) is 1.31. The number of aromatic nitrogens is 4. The first-order chi connectivity index (χ1) is 9.36. The molecule has 2 N–H and O–H groups in total. The summed E-state index contributed by atoms with van der Waals surface area (Å²) in [7, 11) is 1.73. The third-order valence-corrected chi connectivity index (χ3v) is 3.65. The Bertz CT molecular complexity index is 522. The van der Waals surface area contributed by atoms with Crippen LogP contribution in [0.2, 0.25) is 0 Å². The number of aromatic amines is 1. The molecule has 0 unspecified atom stereocenters. The monoisotopic (exact) mass is 259 g/mol. The molecule has 1 heterocycles. The van der Waals surface area contributed by atoms with Crippen LogP contribution in [0.3, 0.4) is 0 Å². The summed E-state index contributed by atoms with van der Waals surface area (Å²) < 4.78 is 5.40. The Morgan fingerprint density at radius 1 is 1.37 bits per heavy atom. The molecular formula is C13H17N5O. The van der Waals surface area contributed by atoms with Crippen molar-refractivity contribution in [2.75, 3.05) is 7.11 Å². The van der Waals surface area contributed by atoms with Crippen LogP contribution in [0, 0.1) is 0 Å². The fraction of sp³-hybridized carbons (Fsp3) is 0.462. The predicted octanol–water partition coefficient (Wildman–Crippen LogP) is 1.24. The summed E-state index contributed by atoms with van der Waals surface area (Å²) in [4.78, 5) is 0. The molecule has 6 nitrogen and oxygen atoms in total. The van der Waals surface area contributed by atoms with E-state index in [0.29, 0.717) is 24.3 Å². The molecule has 0 bridgehead atoms. The van der Waals surface area contributed by atoms with E-state index < -0.39 is 0 Å². The minimum Gasteiger partial charge on any atom is -0.496 e. The van der Waals surface area contributed by atoms with Crippen molar-refractivity contribution in [3.63, 3.8) is 0 Å². The van der Waals surface area contributed by atoms with Crippen LogP contribution in [0.1, 0.15) is 30.1 Å². The van der Waals surface area contributed by atoms with Gasteiger partial charge in [-0.05, 0) is 30.4 Å². The standard InChI is InChI=1S/C13H17N5O/c1-19-12-5-3-2-4-11(12)9-6-10(7-9)14-8-13-15-17-18-16-13/h2-5,9-10,14H,6-8H2,1H3,(H,15,16,17,18). The topological polar surface area (TPSA) is 75.7 Å². The quantitative estimate of drug-likeness (QED) is 0.845. The molecule has 1 aliphatic carbocycles. The number of hydrogen-bond acceptors (Lipinski definition) is 5. The maximum absolute atomic E-state index is 5.40. The number of para-hydroxylation sites is 1. The summed E-state index contributed by atoms with van der Waals surface area (Å²) in [6.45, 7) is 0.666. The highest BCUT2D eigenvalue weighted by atomic mass is 16.5. The van der Waals surface area contributed by atoms with E-state index in [1.54, 1.807) is 7.11 Å². The van der Waals surface area contributed by atoms with Crippen molar-refractivity contribution >= 4 is 0 Å². The van der Waals surface area contributed by atoms with Gasteiger partial charge in [-0.3, -0.25) is 0 Å². The van der Waals surface area contributed by atoms with Gasteiger partial charge >= 0.3 is 0 Å². The second-order valence-electron chi connectivity index (χ2n) is 4.82. The molecule has 19 heavy (non-hydrogen) atoms. The number of methoxy groups -OCH3 is 1. The van der Waals surface area contributed by atoms with Gasteiger partial charge in [0.05, 0.1) is 13.7 Å². The molecule has 0 amide bonds. The van der Waals surface area contributed by atoms with Gasteiger partial charge in [-0.25, -0.2) is 0 Å². The summed E-state index contributed by atoms with van der Waals surface area (Å²) in [6, 6.07) is 8.77. The van der Waals surface area contributed by atoms with E-state index in [2.05, 4.69) is 38.1 Å². The van der Waals surface area contributed by atoms with Crippen molar-refractivity contribution in [3.05, 3.63) is 35.7 Å². The summed E-state index contributed by atoms with van der Waals surface area (Å²) >= 11 is 0. The number of benzene rings is 1. The normalized spacial score (nSPS) is 21.9. The van der Waals surface area contributed by atoms with Crippen molar-refractivity contribution in [2.45, 2.75) is 31.3 Å². The molecule has 3 rings (SSSR count). The van der Waals surface area contributed by atoms with Crippen LogP contribution in [0.15, 0.2) is 24.3 Å². The van der Waals surface area contributed by atoms with Crippen LogP contribution < -0.4 is 10.1 Å². The number of nitrogens with one attached hydrogen (secondary N) is 2. The highest BCUT2D eigenvalue weighted by Gasteiger charge is 2.31. The molecule has 0 aliphatic heterocycles. The van der Waals surface area contributed by atoms with Crippen LogP contribution >= 0.6 is 0 Å². The van der Waals surface area contributed by atoms with Gasteiger partial charge in [0.25, 0.3) is 0 Å². The molecule has 0 spiro atoms. The third kappa shape index (κ3) is 2.58. The Morgan fingerprint density at radius 3 is 2.95 bits per heavy atom. The molecular weight excluding hydrogens is 242 g/mol. The molecule has 1 saturated carbocycles. The Hall–Kier alpha value is -1.95. The molecule has 1 fully saturated rings. The second kappa shape index (κ2) is 5.36. The summed E-state index contributed by atoms with van der Waals surface area (Å²) in [5.74, 6) is 2.28. The summed E-state index contributed by atoms with van der Waals surface area (Å²) in [6.07, 6.45) is 2.25. The first kappa shape index (κ1) is 12.1. The maximum Gasteiger partial charge on any atom is 0.188 e. The molecule has 1 aromatic carbocycles. The lowest BCUT2D eigenvalue weighted by Crippen LogP contribution is -2.39. The molecule has 0 atom stereocenters. The molecule has 100 valence electrons. The lowest BCUT2D eigenvalue weighted by molar-refractivity contribution is 0.280. The van der Waals surface area contributed by atoms with Gasteiger partial charge < -0.3 is 10.1 Å². The van der Waals surface area contributed by atoms with Gasteiger partial charge in [0, 0.05) is 6.04 Å². The minimum absolute atomic E-state index is 0.522. The van der Waals surface area contributed by atoms with Crippen molar-refractivity contribution in [1.82, 2.24) is 25.9 Å². The number of H-pyrrole nitrogens is 1. The van der Waals surface area contributed by atoms with E-state index in [1.807, 2.05) is 12.1 Å². The Morgan fingerprint density at radius 2 is 2.21 bits per heavy atom. The van der Waals surface area contributed by atoms with Gasteiger partial charge in [0.15, 0.2) is 5.82 Å². The highest BCUT2D eigenvalue weighted by molar-refractivity contribution is 5.37. The maximum atomic E-state index is 5.40. The van der Waals surface area contributed by atoms with Gasteiger partial charge in [-0.2, -0.15) is 5.21 Å². The molecule has 6 heteroatoms. The third-order valence-electron chi connectivity index (χ3n) is 3.65. The zero-order valence-corrected chi connectivity index (χ0v) is 10.8. The Kier molecular flexibility index (Phi) is 3.41. The van der Waals surface area contributed by atoms with Crippen molar-refractivity contribution < 1.29 is 4.74 Å². The molecule has 0 saturated heterocycles. The van der Waals surface area contributed by atoms with Crippen LogP contribution in [0.5, 0.6) is 5.75 Å². The largest absolute Gasteiger partial charge is 0.496 e. The Labute approximate surface area is 111 Å². The highest BCUT2D eigenvalue weighted by Crippen LogP contribution is 2.40. The van der Waals surface area contributed by atoms with Crippen LogP contribution in [-0.4, -0.2) is 33.8 Å². The van der Waals surface area contributed by atoms with Crippen LogP contribution in [0.4, 0.5) is 0 Å². The number of nitrogens with zero attached hydrogens (tertiary/aromatic N) is 3. The lowest BCUT2D eigenvalue weighted by atomic mass is 9.75. The van der Waals surface area contributed by atoms with Crippen molar-refractivity contribution in [3.8, 4) is 5.75 Å². The molecule has 1 aromatic heterocycles. The van der Waals surface area contributed by atoms with E-state index in [9.17, 15) is 0 Å². The number of rotatable bonds is 5. The van der Waals surface area contributed by atoms with Gasteiger partial charge in [-0.15, -0.1) is 10.2 Å². The van der Waals surface area contributed by atoms with Gasteiger partial charge in [0.2, 0.25) is 0 Å². The van der Waals surface area contributed by atoms with Gasteiger partial charge in [-0.1, -0.05) is 23.4 Å². The van der Waals surface area contributed by atoms with E-state index in [-0.39, 0.29) is 0 Å². The van der Waals surface area contributed by atoms with E-state index in [1.165, 1.54) is 5.56 Å². The minimum atomic E-state index is 0.522. The smallest absolute Gasteiger partial charge is 0.188 e. The van der Waals surface area contributed by atoms with E-state index >= 15 is 0 Å². The number of tetrazole rings is 1.